The van der Waals surface area contributed by atoms with Gasteiger partial charge < -0.3 is 15.7 Å². The lowest BCUT2D eigenvalue weighted by atomic mass is 9.80. The summed E-state index contributed by atoms with van der Waals surface area (Å²) in [6.45, 7) is 8.84. The molecule has 3 heterocycles. The van der Waals surface area contributed by atoms with Crippen LogP contribution in [0, 0.1) is 0 Å². The summed E-state index contributed by atoms with van der Waals surface area (Å²) in [5, 5.41) is 30.3. The molecular weight excluding hydrogens is 414 g/mol. The molecule has 4 rings (SSSR count). The summed E-state index contributed by atoms with van der Waals surface area (Å²) >= 11 is 0. The molecule has 1 aliphatic rings. The lowest BCUT2D eigenvalue weighted by molar-refractivity contribution is 0.170. The number of halogens is 1. The molecule has 1 aliphatic heterocycles. The van der Waals surface area contributed by atoms with E-state index < -0.39 is 0 Å². The SMILES string of the molecule is Cl.Cn1cc(-c2ccc(-c3cnc(NC4CC(C)(C)NC(C)(C)C4)nn3)c(O)c2)cn1. The molecule has 166 valence electrons. The lowest BCUT2D eigenvalue weighted by Gasteiger charge is -2.46. The van der Waals surface area contributed by atoms with Crippen molar-refractivity contribution in [3.63, 3.8) is 0 Å². The Labute approximate surface area is 188 Å². The van der Waals surface area contributed by atoms with Crippen molar-refractivity contribution in [2.75, 3.05) is 5.32 Å². The van der Waals surface area contributed by atoms with Crippen molar-refractivity contribution >= 4 is 18.4 Å². The van der Waals surface area contributed by atoms with E-state index >= 15 is 0 Å². The van der Waals surface area contributed by atoms with Crippen molar-refractivity contribution in [1.82, 2.24) is 30.3 Å². The fourth-order valence-corrected chi connectivity index (χ4v) is 4.57. The van der Waals surface area contributed by atoms with Gasteiger partial charge in [0.2, 0.25) is 5.95 Å². The monoisotopic (exact) mass is 443 g/mol. The number of anilines is 1. The molecule has 2 aromatic heterocycles. The number of nitrogens with zero attached hydrogens (tertiary/aromatic N) is 5. The average Bonchev–Trinajstić information content (AvgIpc) is 3.06. The second kappa shape index (κ2) is 8.43. The van der Waals surface area contributed by atoms with Gasteiger partial charge in [-0.2, -0.15) is 5.10 Å². The molecule has 1 saturated heterocycles. The molecule has 0 spiro atoms. The normalized spacial score (nSPS) is 17.7. The maximum atomic E-state index is 10.5. The summed E-state index contributed by atoms with van der Waals surface area (Å²) in [7, 11) is 1.86. The number of phenols is 1. The molecule has 0 bridgehead atoms. The zero-order valence-corrected chi connectivity index (χ0v) is 19.4. The first-order valence-corrected chi connectivity index (χ1v) is 10.2. The van der Waals surface area contributed by atoms with Crippen LogP contribution in [-0.2, 0) is 7.05 Å². The van der Waals surface area contributed by atoms with E-state index in [2.05, 4.69) is 58.6 Å². The molecule has 8 nitrogen and oxygen atoms in total. The first-order chi connectivity index (χ1) is 14.1. The van der Waals surface area contributed by atoms with Gasteiger partial charge in [-0.05, 0) is 58.2 Å². The predicted molar refractivity (Wildman–Crippen MR) is 124 cm³/mol. The van der Waals surface area contributed by atoms with Crippen LogP contribution in [0.2, 0.25) is 0 Å². The smallest absolute Gasteiger partial charge is 0.242 e. The Morgan fingerprint density at radius 1 is 1.06 bits per heavy atom. The van der Waals surface area contributed by atoms with Gasteiger partial charge in [0.1, 0.15) is 11.4 Å². The van der Waals surface area contributed by atoms with Crippen molar-refractivity contribution in [2.45, 2.75) is 57.7 Å². The molecule has 0 amide bonds. The third kappa shape index (κ3) is 5.32. The first-order valence-electron chi connectivity index (χ1n) is 10.2. The molecule has 0 unspecified atom stereocenters. The van der Waals surface area contributed by atoms with E-state index in [1.54, 1.807) is 23.1 Å². The van der Waals surface area contributed by atoms with Crippen LogP contribution in [0.15, 0.2) is 36.8 Å². The minimum atomic E-state index is 0. The fraction of sp³-hybridized carbons (Fsp3) is 0.455. The number of aromatic nitrogens is 5. The Hall–Kier alpha value is -2.71. The standard InChI is InChI=1S/C22H29N7O.ClH/c1-21(2)9-16(10-22(3,4)28-21)25-20-23-12-18(26-27-20)17-7-6-14(8-19(17)30)15-11-24-29(5)13-15;/h6-8,11-13,16,28,30H,9-10H2,1-5H3,(H,23,25,27);1H. The molecule has 0 atom stereocenters. The zero-order chi connectivity index (χ0) is 21.5. The number of benzene rings is 1. The molecule has 0 aliphatic carbocycles. The molecule has 3 aromatic rings. The number of aromatic hydroxyl groups is 1. The number of hydrogen-bond donors (Lipinski definition) is 3. The van der Waals surface area contributed by atoms with Gasteiger partial charge in [-0.25, -0.2) is 4.98 Å². The van der Waals surface area contributed by atoms with Crippen LogP contribution in [-0.4, -0.2) is 47.2 Å². The van der Waals surface area contributed by atoms with E-state index in [0.29, 0.717) is 17.2 Å². The quantitative estimate of drug-likeness (QED) is 0.563. The third-order valence-corrected chi connectivity index (χ3v) is 5.40. The van der Waals surface area contributed by atoms with Crippen molar-refractivity contribution in [1.29, 1.82) is 0 Å². The van der Waals surface area contributed by atoms with Gasteiger partial charge in [-0.3, -0.25) is 4.68 Å². The Morgan fingerprint density at radius 2 is 1.77 bits per heavy atom. The van der Waals surface area contributed by atoms with Gasteiger partial charge in [0.15, 0.2) is 0 Å². The van der Waals surface area contributed by atoms with E-state index in [1.165, 1.54) is 0 Å². The summed E-state index contributed by atoms with van der Waals surface area (Å²) in [5.74, 6) is 0.638. The minimum Gasteiger partial charge on any atom is -0.507 e. The fourth-order valence-electron chi connectivity index (χ4n) is 4.57. The Bertz CT molecular complexity index is 1030. The van der Waals surface area contributed by atoms with Gasteiger partial charge in [-0.15, -0.1) is 22.6 Å². The molecule has 0 radical (unpaired) electrons. The number of piperidine rings is 1. The van der Waals surface area contributed by atoms with Gasteiger partial charge in [-0.1, -0.05) is 6.07 Å². The number of nitrogens with one attached hydrogen (secondary N) is 2. The number of phenolic OH excluding ortho intramolecular Hbond substituents is 1. The van der Waals surface area contributed by atoms with Gasteiger partial charge in [0.25, 0.3) is 0 Å². The number of hydrogen-bond acceptors (Lipinski definition) is 7. The summed E-state index contributed by atoms with van der Waals surface area (Å²) in [6, 6.07) is 5.73. The van der Waals surface area contributed by atoms with Crippen LogP contribution in [0.3, 0.4) is 0 Å². The minimum absolute atomic E-state index is 0. The summed E-state index contributed by atoms with van der Waals surface area (Å²) < 4.78 is 1.73. The highest BCUT2D eigenvalue weighted by molar-refractivity contribution is 5.85. The maximum Gasteiger partial charge on any atom is 0.242 e. The van der Waals surface area contributed by atoms with Crippen LogP contribution in [0.25, 0.3) is 22.4 Å². The van der Waals surface area contributed by atoms with E-state index in [4.69, 9.17) is 0 Å². The Morgan fingerprint density at radius 3 is 2.32 bits per heavy atom. The van der Waals surface area contributed by atoms with Crippen LogP contribution >= 0.6 is 12.4 Å². The Kier molecular flexibility index (Phi) is 6.25. The number of rotatable bonds is 4. The van der Waals surface area contributed by atoms with E-state index in [0.717, 1.165) is 24.0 Å². The van der Waals surface area contributed by atoms with Crippen LogP contribution in [0.4, 0.5) is 5.95 Å². The maximum absolute atomic E-state index is 10.5. The molecule has 1 fully saturated rings. The third-order valence-electron chi connectivity index (χ3n) is 5.40. The summed E-state index contributed by atoms with van der Waals surface area (Å²) in [5.41, 5.74) is 3.03. The van der Waals surface area contributed by atoms with Crippen molar-refractivity contribution < 1.29 is 5.11 Å². The van der Waals surface area contributed by atoms with Crippen LogP contribution < -0.4 is 10.6 Å². The first kappa shape index (κ1) is 23.0. The van der Waals surface area contributed by atoms with Gasteiger partial charge in [0, 0.05) is 41.5 Å². The molecule has 0 saturated carbocycles. The van der Waals surface area contributed by atoms with E-state index in [9.17, 15) is 5.11 Å². The largest absolute Gasteiger partial charge is 0.507 e. The topological polar surface area (TPSA) is 101 Å². The molecule has 1 aromatic carbocycles. The van der Waals surface area contributed by atoms with Gasteiger partial charge in [0.05, 0.1) is 12.4 Å². The average molecular weight is 444 g/mol. The lowest BCUT2D eigenvalue weighted by Crippen LogP contribution is -2.60. The predicted octanol–water partition coefficient (Wildman–Crippen LogP) is 3.79. The summed E-state index contributed by atoms with van der Waals surface area (Å²) in [4.78, 5) is 4.44. The van der Waals surface area contributed by atoms with Gasteiger partial charge >= 0.3 is 0 Å². The summed E-state index contributed by atoms with van der Waals surface area (Å²) in [6.07, 6.45) is 7.25. The zero-order valence-electron chi connectivity index (χ0n) is 18.5. The highest BCUT2D eigenvalue weighted by Gasteiger charge is 2.37. The van der Waals surface area contributed by atoms with E-state index in [1.807, 2.05) is 25.4 Å². The molecule has 3 N–H and O–H groups in total. The Balaban J connectivity index is 0.00000272. The molecular formula is C22H30ClN7O. The highest BCUT2D eigenvalue weighted by Crippen LogP contribution is 2.33. The van der Waals surface area contributed by atoms with E-state index in [-0.39, 0.29) is 35.3 Å². The van der Waals surface area contributed by atoms with Crippen LogP contribution in [0.5, 0.6) is 5.75 Å². The molecule has 9 heteroatoms. The van der Waals surface area contributed by atoms with Crippen LogP contribution in [0.1, 0.15) is 40.5 Å². The second-order valence-electron chi connectivity index (χ2n) is 9.44. The highest BCUT2D eigenvalue weighted by atomic mass is 35.5. The van der Waals surface area contributed by atoms with Crippen molar-refractivity contribution in [3.8, 4) is 28.1 Å². The number of aryl methyl sites for hydroxylation is 1. The van der Waals surface area contributed by atoms with Crippen molar-refractivity contribution in [2.24, 2.45) is 7.05 Å². The second-order valence-corrected chi connectivity index (χ2v) is 9.44. The molecule has 31 heavy (non-hydrogen) atoms. The van der Waals surface area contributed by atoms with Crippen molar-refractivity contribution in [3.05, 3.63) is 36.8 Å².